The summed E-state index contributed by atoms with van der Waals surface area (Å²) in [5.41, 5.74) is 2.56. The summed E-state index contributed by atoms with van der Waals surface area (Å²) in [4.78, 5) is 12.4. The molecule has 1 amide bonds. The fourth-order valence-electron chi connectivity index (χ4n) is 3.13. The number of rotatable bonds is 6. The van der Waals surface area contributed by atoms with Crippen LogP contribution in [0, 0.1) is 11.3 Å². The standard InChI is InChI=1S/C25H18N2O3/c26-16-21-23(18-10-4-1-5-11-18)24(19-12-6-2-7-13-19)30-25(21)27-22(28)17-29-20-14-8-3-9-15-20/h1-15H,17H2,(H,27,28). The second-order valence-electron chi connectivity index (χ2n) is 6.50. The molecule has 0 atom stereocenters. The molecule has 0 radical (unpaired) electrons. The Morgan fingerprint density at radius 2 is 1.43 bits per heavy atom. The van der Waals surface area contributed by atoms with Gasteiger partial charge in [0.2, 0.25) is 5.88 Å². The normalized spacial score (nSPS) is 10.2. The van der Waals surface area contributed by atoms with Crippen LogP contribution >= 0.6 is 0 Å². The molecule has 5 nitrogen and oxygen atoms in total. The minimum Gasteiger partial charge on any atom is -0.484 e. The second-order valence-corrected chi connectivity index (χ2v) is 6.50. The smallest absolute Gasteiger partial charge is 0.264 e. The molecule has 1 N–H and O–H groups in total. The zero-order valence-electron chi connectivity index (χ0n) is 16.0. The van der Waals surface area contributed by atoms with Crippen LogP contribution in [0.25, 0.3) is 22.5 Å². The Hall–Kier alpha value is -4.30. The zero-order chi connectivity index (χ0) is 20.8. The third-order valence-electron chi connectivity index (χ3n) is 4.48. The first kappa shape index (κ1) is 19.0. The predicted octanol–water partition coefficient (Wildman–Crippen LogP) is 5.50. The Balaban J connectivity index is 1.67. The van der Waals surface area contributed by atoms with Crippen LogP contribution in [0.15, 0.2) is 95.4 Å². The van der Waals surface area contributed by atoms with Crippen LogP contribution in [0.3, 0.4) is 0 Å². The molecule has 0 aliphatic carbocycles. The van der Waals surface area contributed by atoms with Crippen molar-refractivity contribution < 1.29 is 13.9 Å². The minimum atomic E-state index is -0.414. The van der Waals surface area contributed by atoms with Crippen LogP contribution in [-0.2, 0) is 4.79 Å². The first-order chi connectivity index (χ1) is 14.8. The summed E-state index contributed by atoms with van der Waals surface area (Å²) in [6.07, 6.45) is 0. The number of ether oxygens (including phenoxy) is 1. The fraction of sp³-hybridized carbons (Fsp3) is 0.0400. The number of benzene rings is 3. The first-order valence-corrected chi connectivity index (χ1v) is 9.41. The highest BCUT2D eigenvalue weighted by Gasteiger charge is 2.24. The number of hydrogen-bond donors (Lipinski definition) is 1. The van der Waals surface area contributed by atoms with E-state index in [1.165, 1.54) is 0 Å². The third-order valence-corrected chi connectivity index (χ3v) is 4.48. The number of hydrogen-bond acceptors (Lipinski definition) is 4. The summed E-state index contributed by atoms with van der Waals surface area (Å²) < 4.78 is 11.5. The van der Waals surface area contributed by atoms with Crippen LogP contribution in [-0.4, -0.2) is 12.5 Å². The van der Waals surface area contributed by atoms with Crippen LogP contribution < -0.4 is 10.1 Å². The number of amides is 1. The van der Waals surface area contributed by atoms with Gasteiger partial charge in [0.05, 0.1) is 0 Å². The Labute approximate surface area is 174 Å². The Bertz CT molecular complexity index is 1180. The van der Waals surface area contributed by atoms with E-state index < -0.39 is 5.91 Å². The molecule has 146 valence electrons. The molecule has 30 heavy (non-hydrogen) atoms. The zero-order valence-corrected chi connectivity index (χ0v) is 16.0. The summed E-state index contributed by atoms with van der Waals surface area (Å²) in [7, 11) is 0. The summed E-state index contributed by atoms with van der Waals surface area (Å²) in [6.45, 7) is -0.197. The number of furan rings is 1. The Morgan fingerprint density at radius 1 is 0.867 bits per heavy atom. The first-order valence-electron chi connectivity index (χ1n) is 9.41. The van der Waals surface area contributed by atoms with Crippen molar-refractivity contribution in [2.24, 2.45) is 0 Å². The van der Waals surface area contributed by atoms with E-state index in [9.17, 15) is 10.1 Å². The van der Waals surface area contributed by atoms with Gasteiger partial charge in [0.15, 0.2) is 6.61 Å². The van der Waals surface area contributed by atoms with Crippen molar-refractivity contribution in [3.05, 3.63) is 96.6 Å². The van der Waals surface area contributed by atoms with E-state index >= 15 is 0 Å². The molecule has 0 fully saturated rings. The molecule has 0 saturated carbocycles. The maximum atomic E-state index is 12.4. The number of nitrogens with one attached hydrogen (secondary N) is 1. The molecule has 0 spiro atoms. The van der Waals surface area contributed by atoms with Gasteiger partial charge in [-0.25, -0.2) is 0 Å². The number of anilines is 1. The van der Waals surface area contributed by atoms with Crippen LogP contribution in [0.5, 0.6) is 5.75 Å². The lowest BCUT2D eigenvalue weighted by atomic mass is 9.98. The third kappa shape index (κ3) is 4.08. The summed E-state index contributed by atoms with van der Waals surface area (Å²) in [6, 6.07) is 30.2. The van der Waals surface area contributed by atoms with Gasteiger partial charge in [-0.3, -0.25) is 10.1 Å². The number of carbonyl (C=O) groups is 1. The molecule has 0 saturated heterocycles. The van der Waals surface area contributed by atoms with E-state index in [0.717, 1.165) is 11.1 Å². The topological polar surface area (TPSA) is 75.3 Å². The van der Waals surface area contributed by atoms with E-state index in [1.54, 1.807) is 12.1 Å². The summed E-state index contributed by atoms with van der Waals surface area (Å²) in [5, 5.41) is 12.5. The molecule has 0 bridgehead atoms. The number of para-hydroxylation sites is 1. The molecule has 0 aliphatic rings. The van der Waals surface area contributed by atoms with Gasteiger partial charge in [0.25, 0.3) is 5.91 Å². The van der Waals surface area contributed by atoms with E-state index in [2.05, 4.69) is 11.4 Å². The van der Waals surface area contributed by atoms with Crippen LogP contribution in [0.2, 0.25) is 0 Å². The van der Waals surface area contributed by atoms with E-state index in [0.29, 0.717) is 17.1 Å². The van der Waals surface area contributed by atoms with Gasteiger partial charge < -0.3 is 9.15 Å². The predicted molar refractivity (Wildman–Crippen MR) is 115 cm³/mol. The summed E-state index contributed by atoms with van der Waals surface area (Å²) >= 11 is 0. The maximum Gasteiger partial charge on any atom is 0.264 e. The fourth-order valence-corrected chi connectivity index (χ4v) is 3.13. The van der Waals surface area contributed by atoms with E-state index in [1.807, 2.05) is 78.9 Å². The molecule has 3 aromatic carbocycles. The highest BCUT2D eigenvalue weighted by atomic mass is 16.5. The van der Waals surface area contributed by atoms with Gasteiger partial charge in [-0.1, -0.05) is 78.9 Å². The molecule has 4 aromatic rings. The lowest BCUT2D eigenvalue weighted by Gasteiger charge is -2.05. The molecule has 5 heteroatoms. The Morgan fingerprint density at radius 3 is 2.03 bits per heavy atom. The Kier molecular flexibility index (Phi) is 5.59. The second kappa shape index (κ2) is 8.80. The average Bonchev–Trinajstić information content (AvgIpc) is 3.17. The number of nitrogens with zero attached hydrogens (tertiary/aromatic N) is 1. The largest absolute Gasteiger partial charge is 0.484 e. The molecule has 0 unspecified atom stereocenters. The van der Waals surface area contributed by atoms with Gasteiger partial charge >= 0.3 is 0 Å². The van der Waals surface area contributed by atoms with Crippen molar-refractivity contribution in [1.82, 2.24) is 0 Å². The maximum absolute atomic E-state index is 12.4. The van der Waals surface area contributed by atoms with Gasteiger partial charge in [0, 0.05) is 11.1 Å². The van der Waals surface area contributed by atoms with Gasteiger partial charge in [0.1, 0.15) is 23.1 Å². The number of carbonyl (C=O) groups excluding carboxylic acids is 1. The molecular weight excluding hydrogens is 376 g/mol. The lowest BCUT2D eigenvalue weighted by Crippen LogP contribution is -2.20. The van der Waals surface area contributed by atoms with Gasteiger partial charge in [-0.05, 0) is 17.7 Å². The average molecular weight is 394 g/mol. The molecule has 1 heterocycles. The SMILES string of the molecule is N#Cc1c(NC(=O)COc2ccccc2)oc(-c2ccccc2)c1-c1ccccc1. The molecule has 4 rings (SSSR count). The van der Waals surface area contributed by atoms with Crippen LogP contribution in [0.4, 0.5) is 5.88 Å². The van der Waals surface area contributed by atoms with Crippen molar-refractivity contribution in [1.29, 1.82) is 5.26 Å². The van der Waals surface area contributed by atoms with Gasteiger partial charge in [-0.15, -0.1) is 0 Å². The quantitative estimate of drug-likeness (QED) is 0.468. The molecule has 1 aromatic heterocycles. The van der Waals surface area contributed by atoms with Crippen molar-refractivity contribution in [2.45, 2.75) is 0 Å². The van der Waals surface area contributed by atoms with E-state index in [4.69, 9.17) is 9.15 Å². The highest BCUT2D eigenvalue weighted by Crippen LogP contribution is 2.41. The molecular formula is C25H18N2O3. The minimum absolute atomic E-state index is 0.108. The summed E-state index contributed by atoms with van der Waals surface area (Å²) in [5.74, 6) is 0.806. The van der Waals surface area contributed by atoms with E-state index in [-0.39, 0.29) is 18.1 Å². The monoisotopic (exact) mass is 394 g/mol. The van der Waals surface area contributed by atoms with Gasteiger partial charge in [-0.2, -0.15) is 5.26 Å². The van der Waals surface area contributed by atoms with Crippen molar-refractivity contribution in [2.75, 3.05) is 11.9 Å². The number of nitriles is 1. The van der Waals surface area contributed by atoms with Crippen LogP contribution in [0.1, 0.15) is 5.56 Å². The van der Waals surface area contributed by atoms with Crippen molar-refractivity contribution >= 4 is 11.8 Å². The highest BCUT2D eigenvalue weighted by molar-refractivity contribution is 5.96. The van der Waals surface area contributed by atoms with Crippen molar-refractivity contribution in [3.63, 3.8) is 0 Å². The van der Waals surface area contributed by atoms with Crippen molar-refractivity contribution in [3.8, 4) is 34.3 Å². The molecule has 0 aliphatic heterocycles. The lowest BCUT2D eigenvalue weighted by molar-refractivity contribution is -0.118.